The van der Waals surface area contributed by atoms with E-state index in [0.29, 0.717) is 12.3 Å². The van der Waals surface area contributed by atoms with Crippen molar-refractivity contribution < 1.29 is 9.00 Å². The van der Waals surface area contributed by atoms with Crippen LogP contribution in [0.25, 0.3) is 10.8 Å². The molecule has 3 rings (SSSR count). The monoisotopic (exact) mass is 357 g/mol. The lowest BCUT2D eigenvalue weighted by atomic mass is 10.1. The van der Waals surface area contributed by atoms with Gasteiger partial charge >= 0.3 is 0 Å². The minimum atomic E-state index is -1.26. The number of fused-ring (bicyclic) bond motifs is 1. The molecule has 0 saturated heterocycles. The third-order valence-corrected chi connectivity index (χ3v) is 6.43. The zero-order valence-electron chi connectivity index (χ0n) is 13.4. The van der Waals surface area contributed by atoms with Gasteiger partial charge in [-0.15, -0.1) is 11.3 Å². The van der Waals surface area contributed by atoms with Gasteiger partial charge in [-0.2, -0.15) is 0 Å². The number of hydrogen-bond acceptors (Lipinski definition) is 3. The van der Waals surface area contributed by atoms with Crippen molar-refractivity contribution in [1.82, 2.24) is 5.32 Å². The van der Waals surface area contributed by atoms with E-state index in [2.05, 4.69) is 5.32 Å². The molecule has 3 nitrogen and oxygen atoms in total. The number of thiophene rings is 1. The zero-order valence-corrected chi connectivity index (χ0v) is 15.0. The number of nitrogens with one attached hydrogen (secondary N) is 1. The van der Waals surface area contributed by atoms with Crippen molar-refractivity contribution in [2.75, 3.05) is 0 Å². The van der Waals surface area contributed by atoms with Gasteiger partial charge in [0.25, 0.3) is 0 Å². The molecule has 0 aliphatic rings. The summed E-state index contributed by atoms with van der Waals surface area (Å²) >= 11 is 1.60. The van der Waals surface area contributed by atoms with Crippen LogP contribution < -0.4 is 5.32 Å². The van der Waals surface area contributed by atoms with Crippen LogP contribution in [0.15, 0.2) is 60.0 Å². The Bertz CT molecular complexity index is 853. The van der Waals surface area contributed by atoms with E-state index in [4.69, 9.17) is 0 Å². The molecule has 0 unspecified atom stereocenters. The van der Waals surface area contributed by atoms with Crippen LogP contribution in [0.5, 0.6) is 0 Å². The average molecular weight is 358 g/mol. The molecule has 2 atom stereocenters. The molecule has 0 fully saturated rings. The first-order valence-electron chi connectivity index (χ1n) is 7.79. The number of rotatable bonds is 6. The molecule has 1 heterocycles. The highest BCUT2D eigenvalue weighted by atomic mass is 32.2. The maximum atomic E-state index is 12.6. The Morgan fingerprint density at radius 3 is 2.71 bits per heavy atom. The summed E-state index contributed by atoms with van der Waals surface area (Å²) < 4.78 is 12.6. The van der Waals surface area contributed by atoms with Gasteiger partial charge in [-0.05, 0) is 34.7 Å². The molecule has 0 radical (unpaired) electrons. The van der Waals surface area contributed by atoms with Crippen molar-refractivity contribution in [2.24, 2.45) is 0 Å². The number of carbonyl (C=O) groups is 1. The van der Waals surface area contributed by atoms with Gasteiger partial charge in [0.2, 0.25) is 5.91 Å². The van der Waals surface area contributed by atoms with Gasteiger partial charge in [-0.1, -0.05) is 48.5 Å². The summed E-state index contributed by atoms with van der Waals surface area (Å²) in [5.41, 5.74) is 1.02. The van der Waals surface area contributed by atoms with E-state index in [1.807, 2.05) is 60.0 Å². The van der Waals surface area contributed by atoms with Crippen molar-refractivity contribution >= 4 is 38.8 Å². The third-order valence-electron chi connectivity index (χ3n) is 3.96. The zero-order chi connectivity index (χ0) is 16.9. The number of carbonyl (C=O) groups excluding carboxylic acids is 1. The van der Waals surface area contributed by atoms with E-state index in [-0.39, 0.29) is 5.91 Å². The van der Waals surface area contributed by atoms with E-state index in [1.165, 1.54) is 0 Å². The predicted molar refractivity (Wildman–Crippen MR) is 101 cm³/mol. The Balaban J connectivity index is 1.66. The summed E-state index contributed by atoms with van der Waals surface area (Å²) in [7, 11) is -1.26. The fourth-order valence-electron chi connectivity index (χ4n) is 2.55. The van der Waals surface area contributed by atoms with E-state index in [1.54, 1.807) is 18.3 Å². The Kier molecular flexibility index (Phi) is 5.43. The SMILES string of the molecule is C[C@H](C(=O)NCc1cccs1)[S@@](=O)Cc1cccc2ccccc12. The first-order chi connectivity index (χ1) is 11.6. The van der Waals surface area contributed by atoms with Crippen molar-refractivity contribution in [3.63, 3.8) is 0 Å². The van der Waals surface area contributed by atoms with Gasteiger partial charge in [0.1, 0.15) is 5.25 Å². The maximum Gasteiger partial charge on any atom is 0.235 e. The fourth-order valence-corrected chi connectivity index (χ4v) is 4.32. The van der Waals surface area contributed by atoms with Gasteiger partial charge in [-0.3, -0.25) is 9.00 Å². The second kappa shape index (κ2) is 7.73. The summed E-state index contributed by atoms with van der Waals surface area (Å²) in [6.45, 7) is 2.22. The molecule has 0 bridgehead atoms. The second-order valence-corrected chi connectivity index (χ2v) is 8.39. The van der Waals surface area contributed by atoms with E-state index in [0.717, 1.165) is 21.2 Å². The van der Waals surface area contributed by atoms with Crippen molar-refractivity contribution in [1.29, 1.82) is 0 Å². The van der Waals surface area contributed by atoms with Gasteiger partial charge < -0.3 is 5.32 Å². The van der Waals surface area contributed by atoms with Crippen molar-refractivity contribution in [3.8, 4) is 0 Å². The summed E-state index contributed by atoms with van der Waals surface area (Å²) in [5, 5.41) is 6.53. The van der Waals surface area contributed by atoms with E-state index >= 15 is 0 Å². The van der Waals surface area contributed by atoms with Crippen molar-refractivity contribution in [3.05, 3.63) is 70.4 Å². The molecule has 1 aromatic heterocycles. The Morgan fingerprint density at radius 1 is 1.12 bits per heavy atom. The molecule has 2 aromatic carbocycles. The lowest BCUT2D eigenvalue weighted by molar-refractivity contribution is -0.120. The fraction of sp³-hybridized carbons (Fsp3) is 0.211. The molecule has 1 amide bonds. The number of amides is 1. The second-order valence-electron chi connectivity index (χ2n) is 5.60. The third kappa shape index (κ3) is 3.91. The van der Waals surface area contributed by atoms with Crippen LogP contribution in [-0.2, 0) is 27.9 Å². The van der Waals surface area contributed by atoms with Gasteiger partial charge in [-0.25, -0.2) is 0 Å². The van der Waals surface area contributed by atoms with Crippen molar-refractivity contribution in [2.45, 2.75) is 24.5 Å². The van der Waals surface area contributed by atoms with E-state index < -0.39 is 16.0 Å². The summed E-state index contributed by atoms with van der Waals surface area (Å²) in [6.07, 6.45) is 0. The number of hydrogen-bond donors (Lipinski definition) is 1. The summed E-state index contributed by atoms with van der Waals surface area (Å²) in [6, 6.07) is 18.0. The van der Waals surface area contributed by atoms with Gasteiger partial charge in [0, 0.05) is 21.4 Å². The first-order valence-corrected chi connectivity index (χ1v) is 10.1. The molecule has 1 N–H and O–H groups in total. The Labute approximate surface area is 148 Å². The quantitative estimate of drug-likeness (QED) is 0.728. The van der Waals surface area contributed by atoms with Crippen LogP contribution in [0.3, 0.4) is 0 Å². The largest absolute Gasteiger partial charge is 0.350 e. The minimum absolute atomic E-state index is 0.165. The molecule has 5 heteroatoms. The Hall–Kier alpha value is -1.98. The highest BCUT2D eigenvalue weighted by Gasteiger charge is 2.20. The topological polar surface area (TPSA) is 46.2 Å². The average Bonchev–Trinajstić information content (AvgIpc) is 3.13. The van der Waals surface area contributed by atoms with Crippen LogP contribution in [-0.4, -0.2) is 15.4 Å². The van der Waals surface area contributed by atoms with Crippen LogP contribution in [0, 0.1) is 0 Å². The van der Waals surface area contributed by atoms with Crippen LogP contribution in [0.1, 0.15) is 17.4 Å². The standard InChI is InChI=1S/C19H19NO2S2/c1-14(19(21)20-12-17-9-5-11-23-17)24(22)13-16-8-4-7-15-6-2-3-10-18(15)16/h2-11,14H,12-13H2,1H3,(H,20,21)/t14-,24+/m1/s1. The lowest BCUT2D eigenvalue weighted by Crippen LogP contribution is -2.35. The van der Waals surface area contributed by atoms with E-state index in [9.17, 15) is 9.00 Å². The normalized spacial score (nSPS) is 13.5. The molecular formula is C19H19NO2S2. The molecule has 0 saturated carbocycles. The van der Waals surface area contributed by atoms with Crippen LogP contribution in [0.4, 0.5) is 0 Å². The number of benzene rings is 2. The summed E-state index contributed by atoms with van der Waals surface area (Å²) in [4.78, 5) is 13.3. The smallest absolute Gasteiger partial charge is 0.235 e. The van der Waals surface area contributed by atoms with Gasteiger partial charge in [0.15, 0.2) is 0 Å². The predicted octanol–water partition coefficient (Wildman–Crippen LogP) is 3.85. The first kappa shape index (κ1) is 16.9. The highest BCUT2D eigenvalue weighted by molar-refractivity contribution is 7.85. The van der Waals surface area contributed by atoms with Gasteiger partial charge in [0.05, 0.1) is 6.54 Å². The molecular weight excluding hydrogens is 338 g/mol. The Morgan fingerprint density at radius 2 is 1.92 bits per heavy atom. The lowest BCUT2D eigenvalue weighted by Gasteiger charge is -2.13. The van der Waals surface area contributed by atoms with Crippen LogP contribution >= 0.6 is 11.3 Å². The summed E-state index contributed by atoms with van der Waals surface area (Å²) in [5.74, 6) is 0.219. The van der Waals surface area contributed by atoms with Crippen LogP contribution in [0.2, 0.25) is 0 Å². The molecule has 24 heavy (non-hydrogen) atoms. The molecule has 124 valence electrons. The molecule has 0 aliphatic carbocycles. The maximum absolute atomic E-state index is 12.6. The highest BCUT2D eigenvalue weighted by Crippen LogP contribution is 2.20. The molecule has 3 aromatic rings. The minimum Gasteiger partial charge on any atom is -0.350 e. The molecule has 0 aliphatic heterocycles. The molecule has 0 spiro atoms.